The lowest BCUT2D eigenvalue weighted by Crippen LogP contribution is -2.45. The minimum atomic E-state index is -0.459. The van der Waals surface area contributed by atoms with Gasteiger partial charge in [-0.1, -0.05) is 35.3 Å². The fourth-order valence-corrected chi connectivity index (χ4v) is 5.41. The molecule has 2 aliphatic rings. The lowest BCUT2D eigenvalue weighted by Gasteiger charge is -2.37. The monoisotopic (exact) mass is 479 g/mol. The van der Waals surface area contributed by atoms with E-state index in [2.05, 4.69) is 16.8 Å². The molecule has 164 valence electrons. The average Bonchev–Trinajstić information content (AvgIpc) is 2.76. The number of piperazine rings is 1. The maximum absolute atomic E-state index is 14.9. The molecule has 2 aromatic rings. The van der Waals surface area contributed by atoms with E-state index in [-0.39, 0.29) is 5.82 Å². The molecule has 1 unspecified atom stereocenters. The highest BCUT2D eigenvalue weighted by atomic mass is 35.5. The normalized spacial score (nSPS) is 21.5. The molecule has 2 aromatic carbocycles. The first-order chi connectivity index (χ1) is 15.0. The van der Waals surface area contributed by atoms with Crippen molar-refractivity contribution in [2.45, 2.75) is 6.04 Å². The lowest BCUT2D eigenvalue weighted by molar-refractivity contribution is -0.108. The van der Waals surface area contributed by atoms with Crippen molar-refractivity contribution < 1.29 is 9.18 Å². The number of halogens is 3. The van der Waals surface area contributed by atoms with E-state index < -0.39 is 6.04 Å². The maximum atomic E-state index is 14.9. The van der Waals surface area contributed by atoms with Gasteiger partial charge in [-0.15, -0.1) is 11.8 Å². The third-order valence-electron chi connectivity index (χ3n) is 5.73. The minimum Gasteiger partial charge on any atom is -0.366 e. The van der Waals surface area contributed by atoms with Crippen LogP contribution >= 0.6 is 35.0 Å². The van der Waals surface area contributed by atoms with Crippen LogP contribution in [0.4, 0.5) is 15.8 Å². The number of rotatable bonds is 4. The van der Waals surface area contributed by atoms with Crippen LogP contribution in [0, 0.1) is 5.82 Å². The number of benzene rings is 2. The molecule has 8 heteroatoms. The molecule has 2 heterocycles. The molecule has 0 bridgehead atoms. The molecule has 0 aromatic heterocycles. The van der Waals surface area contributed by atoms with E-state index >= 15 is 0 Å². The van der Waals surface area contributed by atoms with E-state index in [4.69, 9.17) is 23.2 Å². The van der Waals surface area contributed by atoms with Crippen LogP contribution in [0.5, 0.6) is 0 Å². The lowest BCUT2D eigenvalue weighted by atomic mass is 10.1. The number of hydrogen-bond donors (Lipinski definition) is 0. The molecule has 0 aliphatic carbocycles. The van der Waals surface area contributed by atoms with Crippen LogP contribution in [0.15, 0.2) is 41.3 Å². The van der Waals surface area contributed by atoms with Gasteiger partial charge in [0.15, 0.2) is 0 Å². The summed E-state index contributed by atoms with van der Waals surface area (Å²) >= 11 is 13.9. The largest absolute Gasteiger partial charge is 0.366 e. The van der Waals surface area contributed by atoms with Crippen LogP contribution < -0.4 is 9.80 Å². The molecule has 2 fully saturated rings. The second-order valence-corrected chi connectivity index (χ2v) is 9.72. The van der Waals surface area contributed by atoms with Crippen LogP contribution in [0.2, 0.25) is 10.0 Å². The summed E-state index contributed by atoms with van der Waals surface area (Å²) in [7, 11) is 2.08. The smallest absolute Gasteiger partial charge is 0.147 e. The van der Waals surface area contributed by atoms with Crippen molar-refractivity contribution in [1.82, 2.24) is 4.90 Å². The number of carbonyl (C=O) groups is 1. The van der Waals surface area contributed by atoms with Crippen molar-refractivity contribution in [3.05, 3.63) is 62.7 Å². The van der Waals surface area contributed by atoms with Crippen LogP contribution in [0.25, 0.3) is 6.08 Å². The summed E-state index contributed by atoms with van der Waals surface area (Å²) in [5, 5.41) is 0.932. The van der Waals surface area contributed by atoms with E-state index in [1.807, 2.05) is 23.1 Å². The fourth-order valence-electron chi connectivity index (χ4n) is 4.03. The first kappa shape index (κ1) is 22.5. The number of likely N-dealkylation sites (N-methyl/N-ethyl adjacent to an activating group) is 1. The molecule has 0 radical (unpaired) electrons. The maximum Gasteiger partial charge on any atom is 0.147 e. The molecule has 2 saturated heterocycles. The zero-order valence-corrected chi connectivity index (χ0v) is 19.6. The van der Waals surface area contributed by atoms with Crippen molar-refractivity contribution in [2.24, 2.45) is 0 Å². The molecule has 0 amide bonds. The first-order valence-electron chi connectivity index (χ1n) is 10.2. The summed E-state index contributed by atoms with van der Waals surface area (Å²) in [5.74, 6) is 0.582. The van der Waals surface area contributed by atoms with Crippen molar-refractivity contribution >= 4 is 58.7 Å². The van der Waals surface area contributed by atoms with E-state index in [9.17, 15) is 9.18 Å². The van der Waals surface area contributed by atoms with E-state index in [1.54, 1.807) is 30.0 Å². The Morgan fingerprint density at radius 3 is 2.55 bits per heavy atom. The Bertz CT molecular complexity index is 995. The van der Waals surface area contributed by atoms with E-state index in [0.717, 1.165) is 54.4 Å². The first-order valence-corrected chi connectivity index (χ1v) is 12.0. The van der Waals surface area contributed by atoms with Gasteiger partial charge in [0.05, 0.1) is 15.7 Å². The van der Waals surface area contributed by atoms with Crippen molar-refractivity contribution in [3.63, 3.8) is 0 Å². The molecule has 0 spiro atoms. The third kappa shape index (κ3) is 4.87. The number of anilines is 2. The third-order valence-corrected chi connectivity index (χ3v) is 7.55. The van der Waals surface area contributed by atoms with Crippen molar-refractivity contribution in [2.75, 3.05) is 55.3 Å². The zero-order valence-electron chi connectivity index (χ0n) is 17.2. The molecule has 4 nitrogen and oxygen atoms in total. The molecule has 1 atom stereocenters. The fraction of sp³-hybridized carbons (Fsp3) is 0.348. The van der Waals surface area contributed by atoms with Gasteiger partial charge in [-0.3, -0.25) is 0 Å². The van der Waals surface area contributed by atoms with Gasteiger partial charge in [-0.05, 0) is 37.4 Å². The standard InChI is InChI=1S/C23H24Cl2FN3OS/c1-27-7-9-28(10-8-27)23-16(3-2-4-20(23)26)13-22-21(15-30)29(11-12-31-22)17-5-6-18(24)19(25)14-17/h2-6,13-15,21H,7-12H2,1H3. The van der Waals surface area contributed by atoms with Crippen LogP contribution in [0.1, 0.15) is 5.56 Å². The van der Waals surface area contributed by atoms with Gasteiger partial charge in [0, 0.05) is 54.6 Å². The second kappa shape index (κ2) is 9.82. The number of nitrogens with zero attached hydrogens (tertiary/aromatic N) is 3. The predicted octanol–water partition coefficient (Wildman–Crippen LogP) is 5.05. The quantitative estimate of drug-likeness (QED) is 0.572. The number of thioether (sulfide) groups is 1. The summed E-state index contributed by atoms with van der Waals surface area (Å²) in [6.45, 7) is 4.03. The number of aldehydes is 1. The molecular formula is C23H24Cl2FN3OS. The molecule has 4 rings (SSSR count). The van der Waals surface area contributed by atoms with Gasteiger partial charge in [0.2, 0.25) is 0 Å². The topological polar surface area (TPSA) is 26.8 Å². The Hall–Kier alpha value is -1.73. The Balaban J connectivity index is 1.68. The SMILES string of the molecule is CN1CCN(c2c(F)cccc2C=C2SCCN(c3ccc(Cl)c(Cl)c3)C2C=O)CC1. The summed E-state index contributed by atoms with van der Waals surface area (Å²) in [5.41, 5.74) is 2.26. The zero-order chi connectivity index (χ0) is 22.0. The Morgan fingerprint density at radius 1 is 1.06 bits per heavy atom. The molecule has 0 saturated carbocycles. The molecule has 2 aliphatic heterocycles. The Kier molecular flexibility index (Phi) is 7.12. The Labute approximate surface area is 196 Å². The van der Waals surface area contributed by atoms with Crippen molar-refractivity contribution in [1.29, 1.82) is 0 Å². The van der Waals surface area contributed by atoms with E-state index in [0.29, 0.717) is 22.3 Å². The summed E-state index contributed by atoms with van der Waals surface area (Å²) < 4.78 is 14.9. The van der Waals surface area contributed by atoms with Gasteiger partial charge in [0.25, 0.3) is 0 Å². The van der Waals surface area contributed by atoms with Gasteiger partial charge < -0.3 is 19.5 Å². The predicted molar refractivity (Wildman–Crippen MR) is 130 cm³/mol. The number of para-hydroxylation sites is 1. The highest BCUT2D eigenvalue weighted by Gasteiger charge is 2.28. The summed E-state index contributed by atoms with van der Waals surface area (Å²) in [6.07, 6.45) is 2.90. The van der Waals surface area contributed by atoms with Gasteiger partial charge >= 0.3 is 0 Å². The average molecular weight is 480 g/mol. The van der Waals surface area contributed by atoms with Crippen LogP contribution in [0.3, 0.4) is 0 Å². The minimum absolute atomic E-state index is 0.233. The molecule has 0 N–H and O–H groups in total. The summed E-state index contributed by atoms with van der Waals surface area (Å²) in [4.78, 5) is 19.4. The van der Waals surface area contributed by atoms with Gasteiger partial charge in [0.1, 0.15) is 18.1 Å². The van der Waals surface area contributed by atoms with Crippen LogP contribution in [-0.2, 0) is 4.79 Å². The van der Waals surface area contributed by atoms with Gasteiger partial charge in [-0.2, -0.15) is 0 Å². The van der Waals surface area contributed by atoms with Crippen LogP contribution in [-0.4, -0.2) is 62.8 Å². The van der Waals surface area contributed by atoms with E-state index in [1.165, 1.54) is 6.07 Å². The summed E-state index contributed by atoms with van der Waals surface area (Å²) in [6, 6.07) is 10.1. The molecule has 31 heavy (non-hydrogen) atoms. The second-order valence-electron chi connectivity index (χ2n) is 7.74. The van der Waals surface area contributed by atoms with Crippen molar-refractivity contribution in [3.8, 4) is 0 Å². The number of hydrogen-bond acceptors (Lipinski definition) is 5. The number of carbonyl (C=O) groups excluding carboxylic acids is 1. The highest BCUT2D eigenvalue weighted by molar-refractivity contribution is 8.03. The van der Waals surface area contributed by atoms with Gasteiger partial charge in [-0.25, -0.2) is 4.39 Å². The Morgan fingerprint density at radius 2 is 1.84 bits per heavy atom. The highest BCUT2D eigenvalue weighted by Crippen LogP contribution is 2.37. The molecular weight excluding hydrogens is 456 g/mol.